The highest BCUT2D eigenvalue weighted by Crippen LogP contribution is 2.25. The quantitative estimate of drug-likeness (QED) is 0.324. The van der Waals surface area contributed by atoms with Crippen LogP contribution in [-0.2, 0) is 4.79 Å². The van der Waals surface area contributed by atoms with Gasteiger partial charge in [0.05, 0.1) is 4.92 Å². The first-order valence-corrected chi connectivity index (χ1v) is 9.98. The molecule has 0 saturated heterocycles. The van der Waals surface area contributed by atoms with Crippen LogP contribution in [0.4, 0.5) is 5.69 Å². The molecule has 0 aliphatic carbocycles. The van der Waals surface area contributed by atoms with E-state index in [4.69, 9.17) is 4.42 Å². The molecular weight excluding hydrogens is 410 g/mol. The molecule has 8 nitrogen and oxygen atoms in total. The molecule has 0 bridgehead atoms. The molecule has 0 aliphatic rings. The number of furan rings is 1. The summed E-state index contributed by atoms with van der Waals surface area (Å²) < 4.78 is 5.78. The van der Waals surface area contributed by atoms with Crippen LogP contribution in [0.3, 0.4) is 0 Å². The molecule has 0 atom stereocenters. The van der Waals surface area contributed by atoms with E-state index in [2.05, 4.69) is 10.6 Å². The second kappa shape index (κ2) is 9.74. The number of amides is 2. The zero-order valence-electron chi connectivity index (χ0n) is 17.9. The van der Waals surface area contributed by atoms with Crippen LogP contribution < -0.4 is 10.6 Å². The molecule has 3 rings (SSSR count). The molecule has 2 amide bonds. The van der Waals surface area contributed by atoms with E-state index in [1.165, 1.54) is 18.2 Å². The summed E-state index contributed by atoms with van der Waals surface area (Å²) in [6.07, 6.45) is 1.44. The normalized spacial score (nSPS) is 11.3. The van der Waals surface area contributed by atoms with Crippen LogP contribution in [0.5, 0.6) is 0 Å². The maximum absolute atomic E-state index is 12.7. The van der Waals surface area contributed by atoms with E-state index in [0.29, 0.717) is 22.6 Å². The second-order valence-electron chi connectivity index (χ2n) is 7.51. The Morgan fingerprint density at radius 2 is 1.66 bits per heavy atom. The lowest BCUT2D eigenvalue weighted by atomic mass is 10.1. The summed E-state index contributed by atoms with van der Waals surface area (Å²) in [5.74, 6) is -0.0536. The topological polar surface area (TPSA) is 114 Å². The maximum atomic E-state index is 12.7. The van der Waals surface area contributed by atoms with Crippen molar-refractivity contribution in [3.8, 4) is 11.3 Å². The zero-order valence-corrected chi connectivity index (χ0v) is 17.9. The van der Waals surface area contributed by atoms with Gasteiger partial charge in [-0.3, -0.25) is 19.7 Å². The number of hydrogen-bond donors (Lipinski definition) is 2. The van der Waals surface area contributed by atoms with Crippen molar-refractivity contribution in [2.45, 2.75) is 26.8 Å². The van der Waals surface area contributed by atoms with E-state index in [-0.39, 0.29) is 17.4 Å². The van der Waals surface area contributed by atoms with Crippen LogP contribution in [-0.4, -0.2) is 22.8 Å². The minimum absolute atomic E-state index is 0.0214. The fourth-order valence-corrected chi connectivity index (χ4v) is 2.87. The number of nitro groups is 1. The van der Waals surface area contributed by atoms with Crippen molar-refractivity contribution in [2.75, 3.05) is 0 Å². The molecule has 32 heavy (non-hydrogen) atoms. The summed E-state index contributed by atoms with van der Waals surface area (Å²) in [5.41, 5.74) is 2.10. The van der Waals surface area contributed by atoms with E-state index < -0.39 is 16.7 Å². The molecule has 0 fully saturated rings. The second-order valence-corrected chi connectivity index (χ2v) is 7.51. The largest absolute Gasteiger partial charge is 0.457 e. The van der Waals surface area contributed by atoms with E-state index in [0.717, 1.165) is 5.56 Å². The number of nitrogens with one attached hydrogen (secondary N) is 2. The molecule has 8 heteroatoms. The first kappa shape index (κ1) is 22.5. The van der Waals surface area contributed by atoms with Gasteiger partial charge in [-0.25, -0.2) is 0 Å². The number of hydrogen-bond acceptors (Lipinski definition) is 5. The van der Waals surface area contributed by atoms with Gasteiger partial charge in [0.25, 0.3) is 17.5 Å². The van der Waals surface area contributed by atoms with Crippen molar-refractivity contribution >= 4 is 23.6 Å². The number of benzene rings is 2. The van der Waals surface area contributed by atoms with Gasteiger partial charge in [-0.1, -0.05) is 17.7 Å². The lowest BCUT2D eigenvalue weighted by Gasteiger charge is -2.13. The van der Waals surface area contributed by atoms with Crippen LogP contribution in [0.2, 0.25) is 0 Å². The first-order valence-electron chi connectivity index (χ1n) is 9.98. The molecule has 0 saturated carbocycles. The number of carbonyl (C=O) groups excluding carboxylic acids is 2. The smallest absolute Gasteiger partial charge is 0.269 e. The van der Waals surface area contributed by atoms with E-state index in [9.17, 15) is 19.7 Å². The molecule has 2 aromatic carbocycles. The highest BCUT2D eigenvalue weighted by Gasteiger charge is 2.17. The number of non-ortho nitro benzene ring substituents is 1. The third-order valence-electron chi connectivity index (χ3n) is 4.50. The highest BCUT2D eigenvalue weighted by atomic mass is 16.6. The number of nitrogens with zero attached hydrogens (tertiary/aromatic N) is 1. The summed E-state index contributed by atoms with van der Waals surface area (Å²) in [6.45, 7) is 5.55. The average Bonchev–Trinajstić information content (AvgIpc) is 3.22. The molecule has 1 aromatic heterocycles. The lowest BCUT2D eigenvalue weighted by molar-refractivity contribution is -0.384. The van der Waals surface area contributed by atoms with Gasteiger partial charge in [-0.2, -0.15) is 0 Å². The molecule has 0 spiro atoms. The Labute approximate surface area is 185 Å². The fraction of sp³-hybridized carbons (Fsp3) is 0.167. The SMILES string of the molecule is Cc1ccc(C(=O)N/C(=C\c2ccc(-c3ccc([N+](=O)[O-])cc3)o2)C(=O)NC(C)C)cc1. The lowest BCUT2D eigenvalue weighted by Crippen LogP contribution is -2.38. The Bertz CT molecular complexity index is 1160. The number of carbonyl (C=O) groups is 2. The minimum atomic E-state index is -0.476. The zero-order chi connectivity index (χ0) is 23.3. The van der Waals surface area contributed by atoms with Crippen LogP contribution in [0.25, 0.3) is 17.4 Å². The Morgan fingerprint density at radius 3 is 2.25 bits per heavy atom. The average molecular weight is 433 g/mol. The van der Waals surface area contributed by atoms with Crippen molar-refractivity contribution in [3.05, 3.63) is 93.4 Å². The van der Waals surface area contributed by atoms with Crippen LogP contribution >= 0.6 is 0 Å². The van der Waals surface area contributed by atoms with Gasteiger partial charge >= 0.3 is 0 Å². The van der Waals surface area contributed by atoms with E-state index in [1.807, 2.05) is 32.9 Å². The third kappa shape index (κ3) is 5.69. The van der Waals surface area contributed by atoms with Crippen LogP contribution in [0, 0.1) is 17.0 Å². The van der Waals surface area contributed by atoms with Crippen LogP contribution in [0.15, 0.2) is 70.8 Å². The predicted molar refractivity (Wildman–Crippen MR) is 121 cm³/mol. The first-order chi connectivity index (χ1) is 15.2. The maximum Gasteiger partial charge on any atom is 0.269 e. The van der Waals surface area contributed by atoms with Crippen molar-refractivity contribution in [1.82, 2.24) is 10.6 Å². The van der Waals surface area contributed by atoms with Gasteiger partial charge < -0.3 is 15.1 Å². The van der Waals surface area contributed by atoms with Crippen molar-refractivity contribution in [2.24, 2.45) is 0 Å². The molecule has 3 aromatic rings. The van der Waals surface area contributed by atoms with Gasteiger partial charge in [0.15, 0.2) is 0 Å². The van der Waals surface area contributed by atoms with E-state index >= 15 is 0 Å². The number of aryl methyl sites for hydroxylation is 1. The van der Waals surface area contributed by atoms with Gasteiger partial charge in [0.1, 0.15) is 17.2 Å². The molecule has 0 aliphatic heterocycles. The standard InChI is InChI=1S/C24H23N3O5/c1-15(2)25-24(29)21(26-23(28)18-6-4-16(3)5-7-18)14-20-12-13-22(32-20)17-8-10-19(11-9-17)27(30)31/h4-15H,1-3H3,(H,25,29)(H,26,28)/b21-14-. The van der Waals surface area contributed by atoms with E-state index in [1.54, 1.807) is 36.4 Å². The Morgan fingerprint density at radius 1 is 1.00 bits per heavy atom. The van der Waals surface area contributed by atoms with Crippen LogP contribution in [0.1, 0.15) is 35.5 Å². The Hall–Kier alpha value is -4.20. The summed E-state index contributed by atoms with van der Waals surface area (Å²) in [5, 5.41) is 16.2. The number of nitro benzene ring substituents is 1. The predicted octanol–water partition coefficient (Wildman–Crippen LogP) is 4.46. The summed E-state index contributed by atoms with van der Waals surface area (Å²) in [4.78, 5) is 35.6. The summed E-state index contributed by atoms with van der Waals surface area (Å²) >= 11 is 0. The summed E-state index contributed by atoms with van der Waals surface area (Å²) in [7, 11) is 0. The molecular formula is C24H23N3O5. The van der Waals surface area contributed by atoms with Gasteiger partial charge in [0.2, 0.25) is 0 Å². The van der Waals surface area contributed by atoms with Gasteiger partial charge in [0, 0.05) is 35.4 Å². The van der Waals surface area contributed by atoms with Crippen molar-refractivity contribution in [3.63, 3.8) is 0 Å². The molecule has 2 N–H and O–H groups in total. The molecule has 0 unspecified atom stereocenters. The Kier molecular flexibility index (Phi) is 6.84. The number of rotatable bonds is 7. The molecule has 1 heterocycles. The fourth-order valence-electron chi connectivity index (χ4n) is 2.87. The highest BCUT2D eigenvalue weighted by molar-refractivity contribution is 6.05. The van der Waals surface area contributed by atoms with Crippen molar-refractivity contribution < 1.29 is 18.9 Å². The van der Waals surface area contributed by atoms with Gasteiger partial charge in [-0.15, -0.1) is 0 Å². The molecule has 164 valence electrons. The summed E-state index contributed by atoms with van der Waals surface area (Å²) in [6, 6.07) is 16.1. The van der Waals surface area contributed by atoms with Gasteiger partial charge in [-0.05, 0) is 57.2 Å². The van der Waals surface area contributed by atoms with Crippen molar-refractivity contribution in [1.29, 1.82) is 0 Å². The minimum Gasteiger partial charge on any atom is -0.457 e. The molecule has 0 radical (unpaired) electrons. The Balaban J connectivity index is 1.86. The monoisotopic (exact) mass is 433 g/mol. The third-order valence-corrected chi connectivity index (χ3v) is 4.50.